The fourth-order valence-corrected chi connectivity index (χ4v) is 2.63. The summed E-state index contributed by atoms with van der Waals surface area (Å²) in [5.41, 5.74) is 1.89. The maximum atomic E-state index is 12.9. The van der Waals surface area contributed by atoms with Crippen LogP contribution in [0.15, 0.2) is 41.1 Å². The number of fused-ring (bicyclic) bond motifs is 1. The largest absolute Gasteiger partial charge is 0.497 e. The molecule has 6 heteroatoms. The van der Waals surface area contributed by atoms with Crippen LogP contribution < -0.4 is 4.74 Å². The summed E-state index contributed by atoms with van der Waals surface area (Å²) in [6, 6.07) is 7.06. The zero-order valence-corrected chi connectivity index (χ0v) is 13.8. The van der Waals surface area contributed by atoms with E-state index in [0.29, 0.717) is 23.5 Å². The molecule has 0 saturated carbocycles. The third kappa shape index (κ3) is 2.50. The van der Waals surface area contributed by atoms with Gasteiger partial charge in [0.05, 0.1) is 17.3 Å². The van der Waals surface area contributed by atoms with Gasteiger partial charge in [0.1, 0.15) is 11.4 Å². The molecule has 112 valence electrons. The van der Waals surface area contributed by atoms with Gasteiger partial charge in [0.2, 0.25) is 11.6 Å². The average molecular weight is 360 g/mol. The van der Waals surface area contributed by atoms with E-state index in [1.165, 1.54) is 0 Å². The molecular weight excluding hydrogens is 346 g/mol. The van der Waals surface area contributed by atoms with E-state index >= 15 is 0 Å². The van der Waals surface area contributed by atoms with Crippen molar-refractivity contribution in [1.82, 2.24) is 14.4 Å². The Morgan fingerprint density at radius 2 is 2.05 bits per heavy atom. The van der Waals surface area contributed by atoms with E-state index in [2.05, 4.69) is 25.9 Å². The minimum atomic E-state index is -0.0769. The molecule has 0 aliphatic heterocycles. The van der Waals surface area contributed by atoms with Gasteiger partial charge in [-0.25, -0.2) is 9.97 Å². The second-order valence-electron chi connectivity index (χ2n) is 4.76. The van der Waals surface area contributed by atoms with E-state index in [0.717, 1.165) is 15.9 Å². The molecule has 3 rings (SSSR count). The summed E-state index contributed by atoms with van der Waals surface area (Å²) in [4.78, 5) is 21.6. The smallest absolute Gasteiger partial charge is 0.234 e. The zero-order chi connectivity index (χ0) is 15.7. The van der Waals surface area contributed by atoms with Gasteiger partial charge in [-0.3, -0.25) is 9.20 Å². The Labute approximate surface area is 136 Å². The van der Waals surface area contributed by atoms with Gasteiger partial charge < -0.3 is 4.74 Å². The van der Waals surface area contributed by atoms with Crippen LogP contribution in [0.1, 0.15) is 28.7 Å². The van der Waals surface area contributed by atoms with Gasteiger partial charge in [-0.15, -0.1) is 0 Å². The first-order valence-electron chi connectivity index (χ1n) is 6.85. The number of aromatic nitrogens is 3. The first-order chi connectivity index (χ1) is 10.6. The number of benzene rings is 1. The highest BCUT2D eigenvalue weighted by atomic mass is 79.9. The zero-order valence-electron chi connectivity index (χ0n) is 12.2. The van der Waals surface area contributed by atoms with Crippen LogP contribution in [0.5, 0.6) is 5.75 Å². The standard InChI is InChI=1S/C16H14BrN3O2/c1-3-13-14(20-9-11(17)8-18-16(20)19-13)15(21)10-4-6-12(22-2)7-5-10/h4-9H,3H2,1-2H3. The van der Waals surface area contributed by atoms with Gasteiger partial charge in [0.25, 0.3) is 0 Å². The van der Waals surface area contributed by atoms with E-state index in [9.17, 15) is 4.79 Å². The first-order valence-corrected chi connectivity index (χ1v) is 7.64. The number of hydrogen-bond donors (Lipinski definition) is 0. The van der Waals surface area contributed by atoms with Crippen LogP contribution in [0.2, 0.25) is 0 Å². The van der Waals surface area contributed by atoms with Crippen LogP contribution in [0.4, 0.5) is 0 Å². The van der Waals surface area contributed by atoms with Crippen molar-refractivity contribution in [3.8, 4) is 5.75 Å². The molecule has 0 aliphatic rings. The number of carbonyl (C=O) groups is 1. The second-order valence-corrected chi connectivity index (χ2v) is 5.68. The van der Waals surface area contributed by atoms with Gasteiger partial charge >= 0.3 is 0 Å². The van der Waals surface area contributed by atoms with Crippen molar-refractivity contribution in [2.45, 2.75) is 13.3 Å². The molecule has 1 aromatic carbocycles. The van der Waals surface area contributed by atoms with Crippen LogP contribution in [-0.4, -0.2) is 27.3 Å². The number of methoxy groups -OCH3 is 1. The van der Waals surface area contributed by atoms with E-state index in [1.807, 2.05) is 13.1 Å². The highest BCUT2D eigenvalue weighted by molar-refractivity contribution is 9.10. The van der Waals surface area contributed by atoms with Crippen LogP contribution in [-0.2, 0) is 6.42 Å². The Bertz CT molecular complexity index is 840. The molecule has 3 aromatic rings. The summed E-state index contributed by atoms with van der Waals surface area (Å²) in [7, 11) is 1.60. The number of carbonyl (C=O) groups excluding carboxylic acids is 1. The molecule has 0 unspecified atom stereocenters. The third-order valence-corrected chi connectivity index (χ3v) is 3.83. The van der Waals surface area contributed by atoms with Crippen molar-refractivity contribution in [3.05, 3.63) is 58.1 Å². The third-order valence-electron chi connectivity index (χ3n) is 3.42. The van der Waals surface area contributed by atoms with Crippen LogP contribution in [0, 0.1) is 0 Å². The Morgan fingerprint density at radius 1 is 1.32 bits per heavy atom. The van der Waals surface area contributed by atoms with E-state index in [1.54, 1.807) is 42.0 Å². The number of ketones is 1. The van der Waals surface area contributed by atoms with Gasteiger partial charge in [0.15, 0.2) is 0 Å². The van der Waals surface area contributed by atoms with Crippen molar-refractivity contribution >= 4 is 27.5 Å². The van der Waals surface area contributed by atoms with Gasteiger partial charge in [-0.05, 0) is 46.6 Å². The number of halogens is 1. The lowest BCUT2D eigenvalue weighted by Crippen LogP contribution is -2.08. The molecule has 0 amide bonds. The SMILES string of the molecule is CCc1nc2ncc(Br)cn2c1C(=O)c1ccc(OC)cc1. The topological polar surface area (TPSA) is 56.5 Å². The Balaban J connectivity index is 2.14. The predicted octanol–water partition coefficient (Wildman–Crippen LogP) is 3.29. The molecule has 0 bridgehead atoms. The molecule has 5 nitrogen and oxygen atoms in total. The summed E-state index contributed by atoms with van der Waals surface area (Å²) in [6.07, 6.45) is 4.15. The molecule has 0 saturated heterocycles. The second kappa shape index (κ2) is 5.88. The van der Waals surface area contributed by atoms with E-state index in [-0.39, 0.29) is 5.78 Å². The van der Waals surface area contributed by atoms with Crippen molar-refractivity contribution in [3.63, 3.8) is 0 Å². The van der Waals surface area contributed by atoms with Crippen molar-refractivity contribution in [1.29, 1.82) is 0 Å². The lowest BCUT2D eigenvalue weighted by molar-refractivity contribution is 0.103. The highest BCUT2D eigenvalue weighted by Gasteiger charge is 2.20. The number of imidazole rings is 1. The van der Waals surface area contributed by atoms with Crippen molar-refractivity contribution < 1.29 is 9.53 Å². The Hall–Kier alpha value is -2.21. The van der Waals surface area contributed by atoms with Crippen LogP contribution in [0.3, 0.4) is 0 Å². The summed E-state index contributed by atoms with van der Waals surface area (Å²) in [6.45, 7) is 1.97. The molecule has 2 aromatic heterocycles. The molecular formula is C16H14BrN3O2. The average Bonchev–Trinajstić information content (AvgIpc) is 2.92. The summed E-state index contributed by atoms with van der Waals surface area (Å²) < 4.78 is 7.65. The monoisotopic (exact) mass is 359 g/mol. The van der Waals surface area contributed by atoms with Crippen molar-refractivity contribution in [2.24, 2.45) is 0 Å². The Kier molecular flexibility index (Phi) is 3.94. The summed E-state index contributed by atoms with van der Waals surface area (Å²) >= 11 is 3.38. The molecule has 0 N–H and O–H groups in total. The summed E-state index contributed by atoms with van der Waals surface area (Å²) in [5, 5.41) is 0. The number of aryl methyl sites for hydroxylation is 1. The quantitative estimate of drug-likeness (QED) is 0.670. The normalized spacial score (nSPS) is 10.9. The van der Waals surface area contributed by atoms with Gasteiger partial charge in [0, 0.05) is 18.0 Å². The Morgan fingerprint density at radius 3 is 2.68 bits per heavy atom. The lowest BCUT2D eigenvalue weighted by atomic mass is 10.1. The van der Waals surface area contributed by atoms with Gasteiger partial charge in [-0.2, -0.15) is 0 Å². The van der Waals surface area contributed by atoms with E-state index in [4.69, 9.17) is 4.74 Å². The van der Waals surface area contributed by atoms with Crippen molar-refractivity contribution in [2.75, 3.05) is 7.11 Å². The number of hydrogen-bond acceptors (Lipinski definition) is 4. The van der Waals surface area contributed by atoms with Crippen LogP contribution in [0.25, 0.3) is 5.78 Å². The lowest BCUT2D eigenvalue weighted by Gasteiger charge is -2.05. The molecule has 0 spiro atoms. The fraction of sp³-hybridized carbons (Fsp3) is 0.188. The predicted molar refractivity (Wildman–Crippen MR) is 86.5 cm³/mol. The van der Waals surface area contributed by atoms with E-state index < -0.39 is 0 Å². The maximum Gasteiger partial charge on any atom is 0.234 e. The minimum Gasteiger partial charge on any atom is -0.497 e. The molecule has 22 heavy (non-hydrogen) atoms. The number of rotatable bonds is 4. The number of nitrogens with zero attached hydrogens (tertiary/aromatic N) is 3. The first kappa shape index (κ1) is 14.7. The molecule has 0 aliphatic carbocycles. The maximum absolute atomic E-state index is 12.9. The molecule has 0 radical (unpaired) electrons. The highest BCUT2D eigenvalue weighted by Crippen LogP contribution is 2.20. The fourth-order valence-electron chi connectivity index (χ4n) is 2.32. The molecule has 2 heterocycles. The molecule has 0 fully saturated rings. The molecule has 0 atom stereocenters. The van der Waals surface area contributed by atoms with Crippen LogP contribution >= 0.6 is 15.9 Å². The minimum absolute atomic E-state index is 0.0769. The van der Waals surface area contributed by atoms with Gasteiger partial charge in [-0.1, -0.05) is 6.92 Å². The summed E-state index contributed by atoms with van der Waals surface area (Å²) in [5.74, 6) is 1.17. The number of ether oxygens (including phenoxy) is 1.